The lowest BCUT2D eigenvalue weighted by atomic mass is 10.1. The van der Waals surface area contributed by atoms with Gasteiger partial charge in [-0.3, -0.25) is 9.36 Å². The molecule has 0 aromatic heterocycles. The minimum atomic E-state index is -4.56. The lowest BCUT2D eigenvalue weighted by Gasteiger charge is -2.28. The number of hydrogen-bond donors (Lipinski definition) is 0. The average Bonchev–Trinajstić information content (AvgIpc) is 3.27. The van der Waals surface area contributed by atoms with E-state index in [9.17, 15) is 14.3 Å². The first-order chi connectivity index (χ1) is 31.6. The van der Waals surface area contributed by atoms with Crippen molar-refractivity contribution in [3.63, 3.8) is 0 Å². The summed E-state index contributed by atoms with van der Waals surface area (Å²) in [5, 5.41) is 0. The third kappa shape index (κ3) is 51.7. The van der Waals surface area contributed by atoms with Crippen molar-refractivity contribution in [1.29, 1.82) is 0 Å². The van der Waals surface area contributed by atoms with Crippen LogP contribution in [0.15, 0.2) is 122 Å². The Hall–Kier alpha value is -3.10. The van der Waals surface area contributed by atoms with Crippen LogP contribution >= 0.6 is 7.82 Å². The van der Waals surface area contributed by atoms with Crippen LogP contribution in [-0.2, 0) is 27.9 Å². The van der Waals surface area contributed by atoms with Gasteiger partial charge in [0.05, 0.1) is 34.4 Å². The maximum atomic E-state index is 12.7. The van der Waals surface area contributed by atoms with Crippen LogP contribution in [0.5, 0.6) is 0 Å². The summed E-state index contributed by atoms with van der Waals surface area (Å²) >= 11 is 0. The second-order valence-electron chi connectivity index (χ2n) is 17.4. The highest BCUT2D eigenvalue weighted by Crippen LogP contribution is 2.38. The summed E-state index contributed by atoms with van der Waals surface area (Å²) in [6, 6.07) is 0. The molecule has 0 heterocycles. The molecule has 0 radical (unpaired) electrons. The number of ether oxygens (including phenoxy) is 2. The monoisotopic (exact) mass is 924 g/mol. The molecule has 0 amide bonds. The van der Waals surface area contributed by atoms with E-state index >= 15 is 0 Å². The number of carbonyl (C=O) groups is 1. The zero-order valence-electron chi connectivity index (χ0n) is 41.9. The van der Waals surface area contributed by atoms with Crippen molar-refractivity contribution in [3.05, 3.63) is 122 Å². The SMILES string of the molecule is CC/C=C\C/C=C\C/C=C\C/C=C\C/C=C\CCCCCCCCCCCCOCC(COP(=O)([O-])OCC[N+](C)(C)C)OC(=O)CCC/C=C\C/C=C\C/C=C\C/C=C\C/C=C\CC. The predicted octanol–water partition coefficient (Wildman–Crippen LogP) is 15.1. The summed E-state index contributed by atoms with van der Waals surface area (Å²) < 4.78 is 34.6. The van der Waals surface area contributed by atoms with Gasteiger partial charge in [-0.2, -0.15) is 0 Å². The van der Waals surface area contributed by atoms with Gasteiger partial charge in [0, 0.05) is 13.0 Å². The lowest BCUT2D eigenvalue weighted by Crippen LogP contribution is -2.37. The van der Waals surface area contributed by atoms with Crippen molar-refractivity contribution in [3.8, 4) is 0 Å². The molecular formula is C56H94NO7P. The molecule has 0 bridgehead atoms. The summed E-state index contributed by atoms with van der Waals surface area (Å²) in [5.41, 5.74) is 0. The van der Waals surface area contributed by atoms with Crippen molar-refractivity contribution >= 4 is 13.8 Å². The van der Waals surface area contributed by atoms with Crippen molar-refractivity contribution in [2.45, 2.75) is 174 Å². The molecule has 0 N–H and O–H groups in total. The number of likely N-dealkylation sites (N-methyl/N-ethyl adjacent to an activating group) is 1. The van der Waals surface area contributed by atoms with Gasteiger partial charge in [-0.05, 0) is 96.3 Å². The molecule has 0 aliphatic heterocycles. The highest BCUT2D eigenvalue weighted by atomic mass is 31.2. The molecule has 2 atom stereocenters. The molecule has 370 valence electrons. The van der Waals surface area contributed by atoms with E-state index in [1.165, 1.54) is 51.4 Å². The Labute approximate surface area is 399 Å². The zero-order chi connectivity index (χ0) is 47.6. The van der Waals surface area contributed by atoms with E-state index < -0.39 is 19.9 Å². The molecular weight excluding hydrogens is 830 g/mol. The molecule has 0 saturated heterocycles. The van der Waals surface area contributed by atoms with Gasteiger partial charge in [-0.15, -0.1) is 0 Å². The predicted molar refractivity (Wildman–Crippen MR) is 277 cm³/mol. The Balaban J connectivity index is 4.23. The summed E-state index contributed by atoms with van der Waals surface area (Å²) in [7, 11) is 1.30. The van der Waals surface area contributed by atoms with Gasteiger partial charge < -0.3 is 27.9 Å². The Morgan fingerprint density at radius 1 is 0.477 bits per heavy atom. The number of unbranched alkanes of at least 4 members (excludes halogenated alkanes) is 11. The van der Waals surface area contributed by atoms with Gasteiger partial charge >= 0.3 is 5.97 Å². The van der Waals surface area contributed by atoms with Gasteiger partial charge in [-0.1, -0.05) is 187 Å². The molecule has 0 spiro atoms. The minimum Gasteiger partial charge on any atom is -0.756 e. The van der Waals surface area contributed by atoms with Gasteiger partial charge in [0.1, 0.15) is 19.3 Å². The van der Waals surface area contributed by atoms with E-state index in [0.29, 0.717) is 24.1 Å². The quantitative estimate of drug-likeness (QED) is 0.0197. The van der Waals surface area contributed by atoms with Crippen LogP contribution < -0.4 is 4.89 Å². The van der Waals surface area contributed by atoms with Crippen LogP contribution in [0.25, 0.3) is 0 Å². The average molecular weight is 924 g/mol. The number of phosphoric ester groups is 1. The van der Waals surface area contributed by atoms with E-state index in [2.05, 4.69) is 135 Å². The number of hydrogen-bond acceptors (Lipinski definition) is 7. The smallest absolute Gasteiger partial charge is 0.306 e. The van der Waals surface area contributed by atoms with E-state index in [4.69, 9.17) is 18.5 Å². The summed E-state index contributed by atoms with van der Waals surface area (Å²) in [5.74, 6) is -0.397. The van der Waals surface area contributed by atoms with Crippen LogP contribution in [-0.4, -0.2) is 70.7 Å². The first-order valence-electron chi connectivity index (χ1n) is 25.3. The zero-order valence-corrected chi connectivity index (χ0v) is 42.8. The van der Waals surface area contributed by atoms with Gasteiger partial charge in [0.25, 0.3) is 7.82 Å². The molecule has 0 aliphatic carbocycles. The number of rotatable bonds is 45. The maximum absolute atomic E-state index is 12.7. The van der Waals surface area contributed by atoms with Gasteiger partial charge in [-0.25, -0.2) is 0 Å². The fraction of sp³-hybridized carbons (Fsp3) is 0.625. The maximum Gasteiger partial charge on any atom is 0.306 e. The Bertz CT molecular complexity index is 1450. The Morgan fingerprint density at radius 3 is 1.26 bits per heavy atom. The van der Waals surface area contributed by atoms with Crippen LogP contribution in [0.1, 0.15) is 168 Å². The van der Waals surface area contributed by atoms with E-state index in [1.807, 2.05) is 21.1 Å². The molecule has 0 saturated carbocycles. The molecule has 0 aromatic rings. The second kappa shape index (κ2) is 47.4. The number of allylic oxidation sites excluding steroid dienone is 20. The number of carbonyl (C=O) groups excluding carboxylic acids is 1. The van der Waals surface area contributed by atoms with Crippen molar-refractivity contribution in [2.24, 2.45) is 0 Å². The first kappa shape index (κ1) is 61.9. The van der Waals surface area contributed by atoms with Gasteiger partial charge in [0.2, 0.25) is 0 Å². The van der Waals surface area contributed by atoms with Crippen LogP contribution in [0, 0.1) is 0 Å². The summed E-state index contributed by atoms with van der Waals surface area (Å²) in [6.45, 7) is 5.06. The number of nitrogens with zero attached hydrogens (tertiary/aromatic N) is 1. The second-order valence-corrected chi connectivity index (χ2v) is 18.8. The third-order valence-electron chi connectivity index (χ3n) is 10.0. The molecule has 0 aromatic carbocycles. The number of esters is 1. The van der Waals surface area contributed by atoms with Gasteiger partial charge in [0.15, 0.2) is 0 Å². The van der Waals surface area contributed by atoms with Crippen LogP contribution in [0.3, 0.4) is 0 Å². The third-order valence-corrected chi connectivity index (χ3v) is 11.0. The Kier molecular flexibility index (Phi) is 45.1. The Morgan fingerprint density at radius 2 is 0.846 bits per heavy atom. The van der Waals surface area contributed by atoms with E-state index in [1.54, 1.807) is 0 Å². The largest absolute Gasteiger partial charge is 0.756 e. The molecule has 2 unspecified atom stereocenters. The molecule has 9 heteroatoms. The minimum absolute atomic E-state index is 0.00740. The number of quaternary nitrogens is 1. The molecule has 0 rings (SSSR count). The van der Waals surface area contributed by atoms with Crippen molar-refractivity contribution in [1.82, 2.24) is 0 Å². The normalized spacial score (nSPS) is 14.6. The number of phosphoric acid groups is 1. The van der Waals surface area contributed by atoms with Crippen LogP contribution in [0.2, 0.25) is 0 Å². The lowest BCUT2D eigenvalue weighted by molar-refractivity contribution is -0.870. The highest BCUT2D eigenvalue weighted by Gasteiger charge is 2.20. The molecule has 0 fully saturated rings. The van der Waals surface area contributed by atoms with Crippen molar-refractivity contribution < 1.29 is 37.3 Å². The molecule has 65 heavy (non-hydrogen) atoms. The van der Waals surface area contributed by atoms with E-state index in [-0.39, 0.29) is 26.2 Å². The fourth-order valence-corrected chi connectivity index (χ4v) is 6.92. The molecule has 0 aliphatic rings. The van der Waals surface area contributed by atoms with E-state index in [0.717, 1.165) is 89.9 Å². The topological polar surface area (TPSA) is 94.1 Å². The summed E-state index contributed by atoms with van der Waals surface area (Å²) in [6.07, 6.45) is 68.1. The fourth-order valence-electron chi connectivity index (χ4n) is 6.20. The van der Waals surface area contributed by atoms with Crippen molar-refractivity contribution in [2.75, 3.05) is 54.1 Å². The standard InChI is InChI=1S/C56H94NO7P/c1-6-8-10-12-14-16-18-20-22-24-25-26-27-28-29-30-31-32-34-36-38-40-42-44-46-48-51-61-53-55(54-63-65(59,60)62-52-50-57(3,4)5)64-56(58)49-47-45-43-41-39-37-35-33-23-21-19-17-15-13-11-9-7-2/h8-11,14-17,20-23,25-26,28-29,35,37,41,43,55H,6-7,12-13,18-19,24,27,30-34,36,38-40,42,44-54H2,1-5H3/b10-8-,11-9-,16-14-,17-15-,22-20-,23-21-,26-25-,29-28-,37-35-,43-41-. The summed E-state index contributed by atoms with van der Waals surface area (Å²) in [4.78, 5) is 25.1. The first-order valence-corrected chi connectivity index (χ1v) is 26.7. The highest BCUT2D eigenvalue weighted by molar-refractivity contribution is 7.45. The molecule has 8 nitrogen and oxygen atoms in total. The van der Waals surface area contributed by atoms with Crippen LogP contribution in [0.4, 0.5) is 0 Å².